The highest BCUT2D eigenvalue weighted by atomic mass is 16.2. The van der Waals surface area contributed by atoms with Crippen molar-refractivity contribution in [3.63, 3.8) is 0 Å². The number of urea groups is 1. The smallest absolute Gasteiger partial charge is 0.317 e. The van der Waals surface area contributed by atoms with Gasteiger partial charge in [-0.05, 0) is 32.3 Å². The molecule has 0 saturated heterocycles. The Morgan fingerprint density at radius 3 is 2.40 bits per heavy atom. The zero-order chi connectivity index (χ0) is 18.7. The van der Waals surface area contributed by atoms with Crippen LogP contribution in [0.25, 0.3) is 0 Å². The monoisotopic (exact) mass is 347 g/mol. The van der Waals surface area contributed by atoms with Gasteiger partial charge in [0.1, 0.15) is 0 Å². The molecule has 0 heterocycles. The van der Waals surface area contributed by atoms with Crippen LogP contribution < -0.4 is 10.6 Å². The van der Waals surface area contributed by atoms with Crippen LogP contribution in [0.3, 0.4) is 0 Å². The van der Waals surface area contributed by atoms with Gasteiger partial charge in [0, 0.05) is 25.6 Å². The third-order valence-electron chi connectivity index (χ3n) is 4.45. The lowest BCUT2D eigenvalue weighted by molar-refractivity contribution is -0.122. The van der Waals surface area contributed by atoms with Crippen LogP contribution in [-0.4, -0.2) is 36.0 Å². The Kier molecular flexibility index (Phi) is 9.66. The molecule has 0 spiro atoms. The predicted octanol–water partition coefficient (Wildman–Crippen LogP) is 3.86. The molecule has 5 heteroatoms. The van der Waals surface area contributed by atoms with Gasteiger partial charge in [-0.1, -0.05) is 50.6 Å². The third-order valence-corrected chi connectivity index (χ3v) is 4.45. The van der Waals surface area contributed by atoms with Gasteiger partial charge in [0.05, 0.1) is 6.04 Å². The van der Waals surface area contributed by atoms with Crippen LogP contribution in [0.15, 0.2) is 30.3 Å². The van der Waals surface area contributed by atoms with Crippen molar-refractivity contribution < 1.29 is 9.59 Å². The second kappa shape index (κ2) is 11.5. The maximum Gasteiger partial charge on any atom is 0.317 e. The Bertz CT molecular complexity index is 519. The summed E-state index contributed by atoms with van der Waals surface area (Å²) in [5.74, 6) is -0.0361. The third kappa shape index (κ3) is 7.59. The molecule has 140 valence electrons. The van der Waals surface area contributed by atoms with Crippen molar-refractivity contribution in [1.29, 1.82) is 0 Å². The molecular formula is C20H33N3O2. The highest BCUT2D eigenvalue weighted by Crippen LogP contribution is 2.12. The Morgan fingerprint density at radius 2 is 1.80 bits per heavy atom. The lowest BCUT2D eigenvalue weighted by Gasteiger charge is -2.29. The van der Waals surface area contributed by atoms with E-state index in [1.807, 2.05) is 44.2 Å². The molecule has 0 saturated carbocycles. The number of amides is 3. The summed E-state index contributed by atoms with van der Waals surface area (Å²) in [6.45, 7) is 9.24. The highest BCUT2D eigenvalue weighted by molar-refractivity contribution is 5.78. The molecule has 0 radical (unpaired) electrons. The van der Waals surface area contributed by atoms with Gasteiger partial charge in [0.15, 0.2) is 0 Å². The predicted molar refractivity (Wildman–Crippen MR) is 102 cm³/mol. The van der Waals surface area contributed by atoms with Crippen LogP contribution in [0.1, 0.15) is 65.0 Å². The molecule has 2 atom stereocenters. The number of hydrogen-bond acceptors (Lipinski definition) is 2. The fourth-order valence-corrected chi connectivity index (χ4v) is 2.58. The van der Waals surface area contributed by atoms with Crippen molar-refractivity contribution in [3.05, 3.63) is 35.9 Å². The van der Waals surface area contributed by atoms with Crippen LogP contribution in [0, 0.1) is 0 Å². The average molecular weight is 348 g/mol. The van der Waals surface area contributed by atoms with Gasteiger partial charge in [0.25, 0.3) is 0 Å². The minimum absolute atomic E-state index is 0.0361. The zero-order valence-corrected chi connectivity index (χ0v) is 16.0. The van der Waals surface area contributed by atoms with Crippen molar-refractivity contribution >= 4 is 11.9 Å². The highest BCUT2D eigenvalue weighted by Gasteiger charge is 2.20. The molecule has 0 aliphatic rings. The van der Waals surface area contributed by atoms with E-state index in [-0.39, 0.29) is 24.0 Å². The first kappa shape index (κ1) is 21.0. The molecule has 1 aromatic carbocycles. The Labute approximate surface area is 152 Å². The molecule has 0 bridgehead atoms. The van der Waals surface area contributed by atoms with Crippen LogP contribution in [0.2, 0.25) is 0 Å². The number of nitrogens with one attached hydrogen (secondary N) is 2. The standard InChI is InChI=1S/C20H33N3O2/c1-5-7-14-21-20(25)23(16(3)6-2)15-13-19(24)22-17(4)18-11-9-8-10-12-18/h8-12,16-17H,5-7,13-15H2,1-4H3,(H,21,25)(H,22,24)/t16-,17+/m0/s1. The first-order chi connectivity index (χ1) is 12.0. The molecule has 5 nitrogen and oxygen atoms in total. The number of benzene rings is 1. The van der Waals surface area contributed by atoms with E-state index in [2.05, 4.69) is 24.5 Å². The minimum Gasteiger partial charge on any atom is -0.350 e. The van der Waals surface area contributed by atoms with E-state index in [9.17, 15) is 9.59 Å². The molecule has 3 amide bonds. The van der Waals surface area contributed by atoms with Gasteiger partial charge in [-0.15, -0.1) is 0 Å². The molecule has 1 rings (SSSR count). The summed E-state index contributed by atoms with van der Waals surface area (Å²) in [6.07, 6.45) is 3.19. The zero-order valence-electron chi connectivity index (χ0n) is 16.0. The maximum absolute atomic E-state index is 12.4. The van der Waals surface area contributed by atoms with Crippen LogP contribution >= 0.6 is 0 Å². The minimum atomic E-state index is -0.0771. The van der Waals surface area contributed by atoms with E-state index in [1.54, 1.807) is 4.90 Å². The van der Waals surface area contributed by atoms with Gasteiger partial charge >= 0.3 is 6.03 Å². The summed E-state index contributed by atoms with van der Waals surface area (Å²) in [7, 11) is 0. The quantitative estimate of drug-likeness (QED) is 0.631. The van der Waals surface area contributed by atoms with E-state index in [1.165, 1.54) is 0 Å². The lowest BCUT2D eigenvalue weighted by atomic mass is 10.1. The number of carbonyl (C=O) groups excluding carboxylic acids is 2. The van der Waals surface area contributed by atoms with Crippen molar-refractivity contribution in [2.24, 2.45) is 0 Å². The Morgan fingerprint density at radius 1 is 1.12 bits per heavy atom. The summed E-state index contributed by atoms with van der Waals surface area (Å²) in [6, 6.07) is 9.87. The number of hydrogen-bond donors (Lipinski definition) is 2. The Hall–Kier alpha value is -2.04. The summed E-state index contributed by atoms with van der Waals surface area (Å²) in [5, 5.41) is 5.95. The molecule has 2 N–H and O–H groups in total. The molecule has 0 unspecified atom stereocenters. The van der Waals surface area contributed by atoms with Gasteiger partial charge in [-0.2, -0.15) is 0 Å². The molecule has 1 aromatic rings. The lowest BCUT2D eigenvalue weighted by Crippen LogP contribution is -2.46. The van der Waals surface area contributed by atoms with E-state index in [4.69, 9.17) is 0 Å². The molecule has 0 aliphatic heterocycles. The molecular weight excluding hydrogens is 314 g/mol. The average Bonchev–Trinajstić information content (AvgIpc) is 2.62. The Balaban J connectivity index is 2.51. The van der Waals surface area contributed by atoms with E-state index in [0.717, 1.165) is 24.8 Å². The summed E-state index contributed by atoms with van der Waals surface area (Å²) >= 11 is 0. The van der Waals surface area contributed by atoms with Crippen LogP contribution in [-0.2, 0) is 4.79 Å². The van der Waals surface area contributed by atoms with Gasteiger partial charge < -0.3 is 15.5 Å². The molecule has 25 heavy (non-hydrogen) atoms. The first-order valence-corrected chi connectivity index (χ1v) is 9.38. The second-order valence-electron chi connectivity index (χ2n) is 6.49. The molecule has 0 fully saturated rings. The summed E-state index contributed by atoms with van der Waals surface area (Å²) in [5.41, 5.74) is 1.08. The van der Waals surface area contributed by atoms with Gasteiger partial charge in [-0.25, -0.2) is 4.79 Å². The number of nitrogens with zero attached hydrogens (tertiary/aromatic N) is 1. The van der Waals surface area contributed by atoms with Crippen LogP contribution in [0.4, 0.5) is 4.79 Å². The maximum atomic E-state index is 12.4. The molecule has 0 aliphatic carbocycles. The van der Waals surface area contributed by atoms with Crippen molar-refractivity contribution in [2.45, 2.75) is 65.5 Å². The van der Waals surface area contributed by atoms with E-state index < -0.39 is 0 Å². The van der Waals surface area contributed by atoms with Crippen molar-refractivity contribution in [2.75, 3.05) is 13.1 Å². The number of carbonyl (C=O) groups is 2. The van der Waals surface area contributed by atoms with E-state index in [0.29, 0.717) is 19.5 Å². The molecule has 0 aromatic heterocycles. The SMILES string of the molecule is CCCCNC(=O)N(CCC(=O)N[C@H](C)c1ccccc1)[C@@H](C)CC. The van der Waals surface area contributed by atoms with Gasteiger partial charge in [0.2, 0.25) is 5.91 Å². The normalized spacial score (nSPS) is 13.0. The first-order valence-electron chi connectivity index (χ1n) is 9.38. The van der Waals surface area contributed by atoms with Crippen LogP contribution in [0.5, 0.6) is 0 Å². The summed E-state index contributed by atoms with van der Waals surface area (Å²) < 4.78 is 0. The fraction of sp³-hybridized carbons (Fsp3) is 0.600. The topological polar surface area (TPSA) is 61.4 Å². The number of unbranched alkanes of at least 4 members (excludes halogenated alkanes) is 1. The van der Waals surface area contributed by atoms with E-state index >= 15 is 0 Å². The van der Waals surface area contributed by atoms with Gasteiger partial charge in [-0.3, -0.25) is 4.79 Å². The fourth-order valence-electron chi connectivity index (χ4n) is 2.58. The van der Waals surface area contributed by atoms with Crippen molar-refractivity contribution in [1.82, 2.24) is 15.5 Å². The largest absolute Gasteiger partial charge is 0.350 e. The van der Waals surface area contributed by atoms with Crippen molar-refractivity contribution in [3.8, 4) is 0 Å². The number of rotatable bonds is 10. The summed E-state index contributed by atoms with van der Waals surface area (Å²) in [4.78, 5) is 26.4. The second-order valence-corrected chi connectivity index (χ2v) is 6.49.